The van der Waals surface area contributed by atoms with Gasteiger partial charge in [0.05, 0.1) is 17.3 Å². The zero-order valence-electron chi connectivity index (χ0n) is 12.9. The summed E-state index contributed by atoms with van der Waals surface area (Å²) in [5.74, 6) is 0.900. The molecule has 4 rings (SSSR count). The maximum Gasteiger partial charge on any atom is 0.256 e. The highest BCUT2D eigenvalue weighted by molar-refractivity contribution is 6.05. The Kier molecular flexibility index (Phi) is 3.34. The number of fused-ring (bicyclic) bond motifs is 1. The third-order valence-corrected chi connectivity index (χ3v) is 4.37. The fraction of sp³-hybridized carbons (Fsp3) is 0.312. The minimum atomic E-state index is -0.0746. The fourth-order valence-electron chi connectivity index (χ4n) is 3.18. The van der Waals surface area contributed by atoms with Crippen LogP contribution >= 0.6 is 0 Å². The van der Waals surface area contributed by atoms with E-state index in [-0.39, 0.29) is 11.9 Å². The van der Waals surface area contributed by atoms with E-state index in [0.717, 1.165) is 23.3 Å². The van der Waals surface area contributed by atoms with Gasteiger partial charge in [-0.2, -0.15) is 5.10 Å². The van der Waals surface area contributed by atoms with E-state index in [4.69, 9.17) is 0 Å². The molecule has 0 bridgehead atoms. The van der Waals surface area contributed by atoms with Crippen LogP contribution in [0.2, 0.25) is 0 Å². The predicted molar refractivity (Wildman–Crippen MR) is 85.9 cm³/mol. The van der Waals surface area contributed by atoms with Crippen LogP contribution in [0.4, 0.5) is 0 Å². The highest BCUT2D eigenvalue weighted by Crippen LogP contribution is 2.25. The Morgan fingerprint density at radius 1 is 1.39 bits per heavy atom. The van der Waals surface area contributed by atoms with E-state index in [2.05, 4.69) is 20.5 Å². The molecule has 0 spiro atoms. The summed E-state index contributed by atoms with van der Waals surface area (Å²) in [6.07, 6.45) is 5.41. The molecule has 118 valence electrons. The number of imidazole rings is 1. The van der Waals surface area contributed by atoms with E-state index in [1.807, 2.05) is 40.9 Å². The lowest BCUT2D eigenvalue weighted by Crippen LogP contribution is -2.49. The average molecular weight is 310 g/mol. The molecule has 23 heavy (non-hydrogen) atoms. The molecule has 0 saturated carbocycles. The van der Waals surface area contributed by atoms with Crippen LogP contribution in [0.3, 0.4) is 0 Å². The fourth-order valence-corrected chi connectivity index (χ4v) is 3.18. The zero-order chi connectivity index (χ0) is 15.8. The van der Waals surface area contributed by atoms with Gasteiger partial charge >= 0.3 is 0 Å². The third-order valence-electron chi connectivity index (χ3n) is 4.37. The van der Waals surface area contributed by atoms with E-state index in [0.29, 0.717) is 18.7 Å². The summed E-state index contributed by atoms with van der Waals surface area (Å²) >= 11 is 0. The summed E-state index contributed by atoms with van der Waals surface area (Å²) in [4.78, 5) is 19.5. The van der Waals surface area contributed by atoms with E-state index < -0.39 is 0 Å². The van der Waals surface area contributed by atoms with Gasteiger partial charge in [0.1, 0.15) is 11.9 Å². The number of aromatic nitrogens is 4. The number of nitrogens with zero attached hydrogens (tertiary/aromatic N) is 4. The van der Waals surface area contributed by atoms with Crippen molar-refractivity contribution < 1.29 is 4.79 Å². The molecule has 1 saturated heterocycles. The number of nitrogens with one attached hydrogen (secondary N) is 2. The average Bonchev–Trinajstić information content (AvgIpc) is 3.22. The second kappa shape index (κ2) is 5.51. The molecule has 1 unspecified atom stereocenters. The van der Waals surface area contributed by atoms with Gasteiger partial charge in [-0.25, -0.2) is 4.98 Å². The Hall–Kier alpha value is -2.67. The Morgan fingerprint density at radius 3 is 3.13 bits per heavy atom. The first kappa shape index (κ1) is 14.0. The Morgan fingerprint density at radius 2 is 2.30 bits per heavy atom. The standard InChI is InChI=1S/C16H18N6O/c1-21-7-6-18-15(21)13-10-17-5-8-22(13)16(23)12-4-2-3-11-9-19-20-14(11)12/h2-4,6-7,9,13,17H,5,8,10H2,1H3,(H,19,20). The maximum atomic E-state index is 13.1. The van der Waals surface area contributed by atoms with Crippen molar-refractivity contribution in [2.24, 2.45) is 7.05 Å². The van der Waals surface area contributed by atoms with Gasteiger partial charge < -0.3 is 14.8 Å². The Balaban J connectivity index is 1.73. The Labute approximate surface area is 133 Å². The lowest BCUT2D eigenvalue weighted by Gasteiger charge is -2.35. The monoisotopic (exact) mass is 310 g/mol. The van der Waals surface area contributed by atoms with Crippen LogP contribution in [-0.2, 0) is 7.05 Å². The molecule has 0 aliphatic carbocycles. The summed E-state index contributed by atoms with van der Waals surface area (Å²) in [5.41, 5.74) is 1.44. The van der Waals surface area contributed by atoms with Crippen LogP contribution in [-0.4, -0.2) is 50.2 Å². The lowest BCUT2D eigenvalue weighted by atomic mass is 10.1. The van der Waals surface area contributed by atoms with Crippen LogP contribution < -0.4 is 5.32 Å². The first-order chi connectivity index (χ1) is 11.3. The number of hydrogen-bond donors (Lipinski definition) is 2. The van der Waals surface area contributed by atoms with Crippen molar-refractivity contribution in [3.8, 4) is 0 Å². The van der Waals surface area contributed by atoms with Crippen LogP contribution in [0.1, 0.15) is 22.2 Å². The number of H-pyrrole nitrogens is 1. The number of hydrogen-bond acceptors (Lipinski definition) is 4. The van der Waals surface area contributed by atoms with Gasteiger partial charge in [0.25, 0.3) is 5.91 Å². The number of carbonyl (C=O) groups excluding carboxylic acids is 1. The van der Waals surface area contributed by atoms with Crippen LogP contribution in [0.15, 0.2) is 36.8 Å². The van der Waals surface area contributed by atoms with Gasteiger partial charge in [-0.1, -0.05) is 12.1 Å². The number of aromatic amines is 1. The zero-order valence-corrected chi connectivity index (χ0v) is 12.9. The molecule has 0 radical (unpaired) electrons. The molecule has 2 N–H and O–H groups in total. The molecule has 1 fully saturated rings. The highest BCUT2D eigenvalue weighted by Gasteiger charge is 2.31. The second-order valence-corrected chi connectivity index (χ2v) is 5.75. The SMILES string of the molecule is Cn1ccnc1C1CNCCN1C(=O)c1cccc2cn[nH]c12. The number of piperazine rings is 1. The molecule has 1 atom stereocenters. The number of benzene rings is 1. The van der Waals surface area contributed by atoms with E-state index in [9.17, 15) is 4.79 Å². The number of aryl methyl sites for hydroxylation is 1. The number of rotatable bonds is 2. The van der Waals surface area contributed by atoms with Gasteiger partial charge in [0, 0.05) is 44.5 Å². The predicted octanol–water partition coefficient (Wildman–Crippen LogP) is 1.08. The number of carbonyl (C=O) groups is 1. The summed E-state index contributed by atoms with van der Waals surface area (Å²) in [7, 11) is 1.95. The third kappa shape index (κ3) is 2.29. The van der Waals surface area contributed by atoms with Crippen molar-refractivity contribution in [3.63, 3.8) is 0 Å². The summed E-state index contributed by atoms with van der Waals surface area (Å²) < 4.78 is 1.97. The molecular weight excluding hydrogens is 292 g/mol. The molecule has 1 aliphatic rings. The molecule has 2 aromatic heterocycles. The van der Waals surface area contributed by atoms with Gasteiger partial charge in [-0.15, -0.1) is 0 Å². The highest BCUT2D eigenvalue weighted by atomic mass is 16.2. The smallest absolute Gasteiger partial charge is 0.256 e. The molecule has 7 nitrogen and oxygen atoms in total. The molecule has 3 aromatic rings. The minimum absolute atomic E-state index is 0.00866. The van der Waals surface area contributed by atoms with Crippen molar-refractivity contribution in [1.82, 2.24) is 30.0 Å². The van der Waals surface area contributed by atoms with Crippen molar-refractivity contribution in [3.05, 3.63) is 48.2 Å². The first-order valence-electron chi connectivity index (χ1n) is 7.66. The Bertz CT molecular complexity index is 851. The van der Waals surface area contributed by atoms with E-state index >= 15 is 0 Å². The van der Waals surface area contributed by atoms with Gasteiger partial charge in [-0.3, -0.25) is 9.89 Å². The quantitative estimate of drug-likeness (QED) is 0.742. The van der Waals surface area contributed by atoms with Crippen molar-refractivity contribution >= 4 is 16.8 Å². The van der Waals surface area contributed by atoms with Crippen molar-refractivity contribution in [2.75, 3.05) is 19.6 Å². The van der Waals surface area contributed by atoms with Gasteiger partial charge in [0.2, 0.25) is 0 Å². The minimum Gasteiger partial charge on any atom is -0.336 e. The largest absolute Gasteiger partial charge is 0.336 e. The summed E-state index contributed by atoms with van der Waals surface area (Å²) in [6.45, 7) is 2.14. The van der Waals surface area contributed by atoms with Crippen LogP contribution in [0, 0.1) is 0 Å². The van der Waals surface area contributed by atoms with Crippen molar-refractivity contribution in [1.29, 1.82) is 0 Å². The molecule has 7 heteroatoms. The van der Waals surface area contributed by atoms with Crippen LogP contribution in [0.25, 0.3) is 10.9 Å². The molecule has 3 heterocycles. The molecule has 1 amide bonds. The molecular formula is C16H18N6O. The summed E-state index contributed by atoms with van der Waals surface area (Å²) in [6, 6.07) is 5.61. The normalized spacial score (nSPS) is 18.5. The number of amides is 1. The van der Waals surface area contributed by atoms with Crippen molar-refractivity contribution in [2.45, 2.75) is 6.04 Å². The van der Waals surface area contributed by atoms with Gasteiger partial charge in [0.15, 0.2) is 0 Å². The summed E-state index contributed by atoms with van der Waals surface area (Å²) in [5, 5.41) is 11.3. The lowest BCUT2D eigenvalue weighted by molar-refractivity contribution is 0.0622. The number of para-hydroxylation sites is 1. The van der Waals surface area contributed by atoms with E-state index in [1.54, 1.807) is 12.4 Å². The van der Waals surface area contributed by atoms with Crippen LogP contribution in [0.5, 0.6) is 0 Å². The molecule has 1 aliphatic heterocycles. The first-order valence-corrected chi connectivity index (χ1v) is 7.66. The second-order valence-electron chi connectivity index (χ2n) is 5.75. The maximum absolute atomic E-state index is 13.1. The molecule has 1 aromatic carbocycles. The topological polar surface area (TPSA) is 78.8 Å². The van der Waals surface area contributed by atoms with Gasteiger partial charge in [-0.05, 0) is 6.07 Å². The van der Waals surface area contributed by atoms with E-state index in [1.165, 1.54) is 0 Å².